The second-order valence-electron chi connectivity index (χ2n) is 4.59. The van der Waals surface area contributed by atoms with Gasteiger partial charge in [0, 0.05) is 28.9 Å². The summed E-state index contributed by atoms with van der Waals surface area (Å²) in [5.74, 6) is 0.776. The summed E-state index contributed by atoms with van der Waals surface area (Å²) in [7, 11) is -2.99. The normalized spacial score (nSPS) is 11.7. The Morgan fingerprint density at radius 3 is 2.48 bits per heavy atom. The van der Waals surface area contributed by atoms with Gasteiger partial charge in [-0.2, -0.15) is 0 Å². The SMILES string of the molecule is CCNC(=NCc1ccc(Cl)cc1Cl)NCCS(=O)(=O)CC.I. The molecule has 0 amide bonds. The quantitative estimate of drug-likeness (QED) is 0.348. The van der Waals surface area contributed by atoms with Gasteiger partial charge in [-0.3, -0.25) is 0 Å². The minimum Gasteiger partial charge on any atom is -0.357 e. The number of sulfone groups is 1. The van der Waals surface area contributed by atoms with Crippen molar-refractivity contribution in [3.05, 3.63) is 33.8 Å². The van der Waals surface area contributed by atoms with Gasteiger partial charge in [-0.15, -0.1) is 24.0 Å². The van der Waals surface area contributed by atoms with E-state index in [1.54, 1.807) is 19.1 Å². The van der Waals surface area contributed by atoms with E-state index in [0.29, 0.717) is 35.6 Å². The third-order valence-electron chi connectivity index (χ3n) is 2.91. The topological polar surface area (TPSA) is 70.6 Å². The molecule has 0 aliphatic rings. The van der Waals surface area contributed by atoms with Gasteiger partial charge in [0.1, 0.15) is 0 Å². The number of aliphatic imine (C=N–C) groups is 1. The third kappa shape index (κ3) is 8.97. The lowest BCUT2D eigenvalue weighted by Crippen LogP contribution is -2.39. The van der Waals surface area contributed by atoms with Gasteiger partial charge in [-0.1, -0.05) is 36.2 Å². The highest BCUT2D eigenvalue weighted by Crippen LogP contribution is 2.21. The Kier molecular flexibility index (Phi) is 11.2. The van der Waals surface area contributed by atoms with E-state index in [2.05, 4.69) is 15.6 Å². The highest BCUT2D eigenvalue weighted by Gasteiger charge is 2.07. The average molecular weight is 494 g/mol. The van der Waals surface area contributed by atoms with Crippen molar-refractivity contribution < 1.29 is 8.42 Å². The molecule has 0 radical (unpaired) electrons. The number of hydrogen-bond acceptors (Lipinski definition) is 3. The van der Waals surface area contributed by atoms with E-state index < -0.39 is 9.84 Å². The Morgan fingerprint density at radius 2 is 1.91 bits per heavy atom. The Labute approximate surface area is 165 Å². The monoisotopic (exact) mass is 493 g/mol. The number of nitrogens with zero attached hydrogens (tertiary/aromatic N) is 1. The van der Waals surface area contributed by atoms with Crippen molar-refractivity contribution in [3.63, 3.8) is 0 Å². The summed E-state index contributed by atoms with van der Waals surface area (Å²) in [6.07, 6.45) is 0. The van der Waals surface area contributed by atoms with Gasteiger partial charge < -0.3 is 10.6 Å². The molecule has 132 valence electrons. The Bertz CT molecular complexity index is 624. The van der Waals surface area contributed by atoms with Crippen LogP contribution >= 0.6 is 47.2 Å². The van der Waals surface area contributed by atoms with Gasteiger partial charge in [0.15, 0.2) is 15.8 Å². The second kappa shape index (κ2) is 11.3. The van der Waals surface area contributed by atoms with Crippen LogP contribution in [0.5, 0.6) is 0 Å². The van der Waals surface area contributed by atoms with Crippen LogP contribution in [0.4, 0.5) is 0 Å². The van der Waals surface area contributed by atoms with Crippen LogP contribution in [-0.2, 0) is 16.4 Å². The first-order valence-electron chi connectivity index (χ1n) is 7.04. The van der Waals surface area contributed by atoms with Crippen molar-refractivity contribution in [2.24, 2.45) is 4.99 Å². The summed E-state index contributed by atoms with van der Waals surface area (Å²) in [6, 6.07) is 5.24. The van der Waals surface area contributed by atoms with Crippen molar-refractivity contribution in [2.75, 3.05) is 24.6 Å². The van der Waals surface area contributed by atoms with Gasteiger partial charge >= 0.3 is 0 Å². The predicted octanol–water partition coefficient (Wildman–Crippen LogP) is 3.10. The molecule has 1 rings (SSSR count). The van der Waals surface area contributed by atoms with Crippen molar-refractivity contribution in [3.8, 4) is 0 Å². The third-order valence-corrected chi connectivity index (χ3v) is 5.20. The Hall–Kier alpha value is -0.250. The lowest BCUT2D eigenvalue weighted by molar-refractivity contribution is 0.595. The zero-order valence-corrected chi connectivity index (χ0v) is 17.8. The molecule has 9 heteroatoms. The molecule has 0 saturated carbocycles. The van der Waals surface area contributed by atoms with E-state index in [0.717, 1.165) is 5.56 Å². The van der Waals surface area contributed by atoms with E-state index >= 15 is 0 Å². The molecule has 5 nitrogen and oxygen atoms in total. The van der Waals surface area contributed by atoms with Gasteiger partial charge in [0.2, 0.25) is 0 Å². The molecule has 2 N–H and O–H groups in total. The van der Waals surface area contributed by atoms with Crippen molar-refractivity contribution in [2.45, 2.75) is 20.4 Å². The molecule has 0 heterocycles. The van der Waals surface area contributed by atoms with Crippen molar-refractivity contribution >= 4 is 63.0 Å². The average Bonchev–Trinajstić information content (AvgIpc) is 2.46. The number of rotatable bonds is 7. The van der Waals surface area contributed by atoms with Gasteiger partial charge in [-0.25, -0.2) is 13.4 Å². The highest BCUT2D eigenvalue weighted by molar-refractivity contribution is 14.0. The Balaban J connectivity index is 0.00000484. The maximum absolute atomic E-state index is 11.5. The highest BCUT2D eigenvalue weighted by atomic mass is 127. The van der Waals surface area contributed by atoms with Crippen LogP contribution in [-0.4, -0.2) is 39.0 Å². The molecule has 0 atom stereocenters. The summed E-state index contributed by atoms with van der Waals surface area (Å²) < 4.78 is 22.9. The van der Waals surface area contributed by atoms with Crippen LogP contribution in [0.2, 0.25) is 10.0 Å². The molecule has 1 aromatic carbocycles. The summed E-state index contributed by atoms with van der Waals surface area (Å²) in [6.45, 7) is 4.95. The first-order chi connectivity index (χ1) is 10.4. The van der Waals surface area contributed by atoms with Crippen molar-refractivity contribution in [1.82, 2.24) is 10.6 Å². The van der Waals surface area contributed by atoms with Crippen LogP contribution in [0.1, 0.15) is 19.4 Å². The minimum absolute atomic E-state index is 0. The number of nitrogens with one attached hydrogen (secondary N) is 2. The molecule has 0 aliphatic carbocycles. The zero-order chi connectivity index (χ0) is 16.6. The molecule has 23 heavy (non-hydrogen) atoms. The summed E-state index contributed by atoms with van der Waals surface area (Å²) in [5, 5.41) is 7.20. The standard InChI is InChI=1S/C14H21Cl2N3O2S.HI/c1-3-17-14(18-7-8-22(20,21)4-2)19-10-11-5-6-12(15)9-13(11)16;/h5-6,9H,3-4,7-8,10H2,1-2H3,(H2,17,18,19);1H. The molecule has 0 spiro atoms. The van der Waals surface area contributed by atoms with E-state index in [4.69, 9.17) is 23.2 Å². The molecule has 0 aliphatic heterocycles. The van der Waals surface area contributed by atoms with Gasteiger partial charge in [0.25, 0.3) is 0 Å². The van der Waals surface area contributed by atoms with Crippen LogP contribution in [0, 0.1) is 0 Å². The first-order valence-corrected chi connectivity index (χ1v) is 9.62. The fourth-order valence-corrected chi connectivity index (χ4v) is 2.80. The van der Waals surface area contributed by atoms with E-state index in [1.807, 2.05) is 13.0 Å². The van der Waals surface area contributed by atoms with Gasteiger partial charge in [-0.05, 0) is 24.6 Å². The second-order valence-corrected chi connectivity index (χ2v) is 7.91. The molecular weight excluding hydrogens is 472 g/mol. The summed E-state index contributed by atoms with van der Waals surface area (Å²) in [5.41, 5.74) is 0.851. The number of hydrogen-bond donors (Lipinski definition) is 2. The lowest BCUT2D eigenvalue weighted by Gasteiger charge is -2.11. The lowest BCUT2D eigenvalue weighted by atomic mass is 10.2. The largest absolute Gasteiger partial charge is 0.357 e. The van der Waals surface area contributed by atoms with E-state index in [-0.39, 0.29) is 35.5 Å². The summed E-state index contributed by atoms with van der Waals surface area (Å²) in [4.78, 5) is 4.39. The zero-order valence-electron chi connectivity index (χ0n) is 13.1. The van der Waals surface area contributed by atoms with Crippen molar-refractivity contribution in [1.29, 1.82) is 0 Å². The molecule has 0 fully saturated rings. The van der Waals surface area contributed by atoms with Crippen LogP contribution < -0.4 is 10.6 Å². The maximum Gasteiger partial charge on any atom is 0.191 e. The van der Waals surface area contributed by atoms with Crippen LogP contribution in [0.3, 0.4) is 0 Å². The fraction of sp³-hybridized carbons (Fsp3) is 0.500. The number of halogens is 3. The molecule has 0 saturated heterocycles. The smallest absolute Gasteiger partial charge is 0.191 e. The predicted molar refractivity (Wildman–Crippen MR) is 109 cm³/mol. The van der Waals surface area contributed by atoms with Crippen LogP contribution in [0.15, 0.2) is 23.2 Å². The number of benzene rings is 1. The molecule has 1 aromatic rings. The first kappa shape index (κ1) is 22.8. The maximum atomic E-state index is 11.5. The molecular formula is C14H22Cl2IN3O2S. The summed E-state index contributed by atoms with van der Waals surface area (Å²) >= 11 is 12.0. The Morgan fingerprint density at radius 1 is 1.22 bits per heavy atom. The van der Waals surface area contributed by atoms with Gasteiger partial charge in [0.05, 0.1) is 12.3 Å². The number of guanidine groups is 1. The minimum atomic E-state index is -2.99. The molecule has 0 aromatic heterocycles. The molecule has 0 unspecified atom stereocenters. The fourth-order valence-electron chi connectivity index (χ4n) is 1.63. The molecule has 0 bridgehead atoms. The van der Waals surface area contributed by atoms with E-state index in [1.165, 1.54) is 0 Å². The van der Waals surface area contributed by atoms with E-state index in [9.17, 15) is 8.42 Å². The van der Waals surface area contributed by atoms with Crippen LogP contribution in [0.25, 0.3) is 0 Å².